The highest BCUT2D eigenvalue weighted by Crippen LogP contribution is 2.33. The summed E-state index contributed by atoms with van der Waals surface area (Å²) < 4.78 is 29.4. The van der Waals surface area contributed by atoms with Crippen LogP contribution in [0.4, 0.5) is 11.4 Å². The molecule has 26 heavy (non-hydrogen) atoms. The van der Waals surface area contributed by atoms with Crippen molar-refractivity contribution in [3.8, 4) is 0 Å². The van der Waals surface area contributed by atoms with E-state index in [1.165, 1.54) is 23.9 Å². The Morgan fingerprint density at radius 1 is 1.15 bits per heavy atom. The molecule has 11 heteroatoms. The number of benzene rings is 2. The van der Waals surface area contributed by atoms with Crippen molar-refractivity contribution < 1.29 is 13.3 Å². The van der Waals surface area contributed by atoms with E-state index in [0.717, 1.165) is 12.1 Å². The zero-order chi connectivity index (χ0) is 18.7. The van der Waals surface area contributed by atoms with Gasteiger partial charge < -0.3 is 4.57 Å². The minimum absolute atomic E-state index is 0.0680. The van der Waals surface area contributed by atoms with Gasteiger partial charge in [0, 0.05) is 24.1 Å². The number of para-hydroxylation sites is 1. The average molecular weight is 391 g/mol. The molecule has 134 valence electrons. The van der Waals surface area contributed by atoms with Crippen molar-refractivity contribution in [2.45, 2.75) is 14.9 Å². The molecule has 2 aromatic carbocycles. The third-order valence-corrected chi connectivity index (χ3v) is 5.87. The lowest BCUT2D eigenvalue weighted by Crippen LogP contribution is -2.13. The Morgan fingerprint density at radius 2 is 1.85 bits per heavy atom. The summed E-state index contributed by atoms with van der Waals surface area (Å²) in [6.45, 7) is 0. The van der Waals surface area contributed by atoms with Gasteiger partial charge in [-0.1, -0.05) is 12.1 Å². The number of hydrogen-bond acceptors (Lipinski definition) is 7. The maximum Gasteiger partial charge on any atom is 0.269 e. The molecule has 0 fully saturated rings. The maximum absolute atomic E-state index is 12.6. The standard InChI is InChI=1S/C15H13N5O4S2/c1-19-10-16-17-15(19)25-14-5-3-2-4-13(14)18-26(23,24)12-8-6-11(7-9-12)20(21)22/h2-10,18H,1H3. The smallest absolute Gasteiger partial charge is 0.269 e. The molecule has 0 aliphatic heterocycles. The first kappa shape index (κ1) is 17.9. The molecule has 0 unspecified atom stereocenters. The number of aromatic nitrogens is 3. The fourth-order valence-electron chi connectivity index (χ4n) is 2.05. The molecule has 0 amide bonds. The Morgan fingerprint density at radius 3 is 2.46 bits per heavy atom. The van der Waals surface area contributed by atoms with Crippen LogP contribution in [0.1, 0.15) is 0 Å². The van der Waals surface area contributed by atoms with E-state index in [2.05, 4.69) is 14.9 Å². The van der Waals surface area contributed by atoms with Gasteiger partial charge in [0.15, 0.2) is 5.16 Å². The van der Waals surface area contributed by atoms with Crippen LogP contribution < -0.4 is 4.72 Å². The summed E-state index contributed by atoms with van der Waals surface area (Å²) in [6, 6.07) is 11.5. The summed E-state index contributed by atoms with van der Waals surface area (Å²) in [7, 11) is -2.11. The molecule has 1 N–H and O–H groups in total. The Kier molecular flexibility index (Phi) is 4.91. The zero-order valence-corrected chi connectivity index (χ0v) is 15.1. The van der Waals surface area contributed by atoms with E-state index in [4.69, 9.17) is 0 Å². The van der Waals surface area contributed by atoms with Crippen molar-refractivity contribution in [2.24, 2.45) is 7.05 Å². The number of nitrogens with one attached hydrogen (secondary N) is 1. The number of sulfonamides is 1. The predicted octanol–water partition coefficient (Wildman–Crippen LogP) is 2.68. The molecule has 3 aromatic rings. The van der Waals surface area contributed by atoms with Crippen LogP contribution in [0.25, 0.3) is 0 Å². The van der Waals surface area contributed by atoms with Gasteiger partial charge in [0.05, 0.1) is 15.5 Å². The third-order valence-electron chi connectivity index (χ3n) is 3.36. The molecule has 0 saturated heterocycles. The maximum atomic E-state index is 12.6. The highest BCUT2D eigenvalue weighted by atomic mass is 32.2. The predicted molar refractivity (Wildman–Crippen MR) is 95.5 cm³/mol. The summed E-state index contributed by atoms with van der Waals surface area (Å²) in [5.74, 6) is 0. The van der Waals surface area contributed by atoms with E-state index in [-0.39, 0.29) is 10.6 Å². The molecule has 3 rings (SSSR count). The average Bonchev–Trinajstić information content (AvgIpc) is 3.01. The quantitative estimate of drug-likeness (QED) is 0.506. The molecule has 0 aliphatic carbocycles. The van der Waals surface area contributed by atoms with Gasteiger partial charge in [0.1, 0.15) is 6.33 Å². The molecule has 0 spiro atoms. The highest BCUT2D eigenvalue weighted by molar-refractivity contribution is 7.99. The van der Waals surface area contributed by atoms with Gasteiger partial charge in [-0.2, -0.15) is 0 Å². The highest BCUT2D eigenvalue weighted by Gasteiger charge is 2.18. The Hall–Kier alpha value is -2.92. The molecule has 0 aliphatic rings. The third kappa shape index (κ3) is 3.83. The number of nitro groups is 1. The van der Waals surface area contributed by atoms with Gasteiger partial charge in [-0.25, -0.2) is 8.42 Å². The van der Waals surface area contributed by atoms with E-state index >= 15 is 0 Å². The SMILES string of the molecule is Cn1cnnc1Sc1ccccc1NS(=O)(=O)c1ccc([N+](=O)[O-])cc1. The minimum Gasteiger partial charge on any atom is -0.311 e. The van der Waals surface area contributed by atoms with Crippen molar-refractivity contribution in [1.29, 1.82) is 0 Å². The van der Waals surface area contributed by atoms with Gasteiger partial charge in [-0.3, -0.25) is 14.8 Å². The monoisotopic (exact) mass is 391 g/mol. The van der Waals surface area contributed by atoms with Crippen molar-refractivity contribution >= 4 is 33.2 Å². The molecule has 1 aromatic heterocycles. The Balaban J connectivity index is 1.88. The first-order valence-electron chi connectivity index (χ1n) is 7.25. The molecule has 0 saturated carbocycles. The van der Waals surface area contributed by atoms with Crippen LogP contribution in [0.2, 0.25) is 0 Å². The minimum atomic E-state index is -3.90. The van der Waals surface area contributed by atoms with Crippen LogP contribution in [0.5, 0.6) is 0 Å². The number of hydrogen-bond donors (Lipinski definition) is 1. The molecule has 9 nitrogen and oxygen atoms in total. The number of rotatable bonds is 6. The fourth-order valence-corrected chi connectivity index (χ4v) is 4.05. The van der Waals surface area contributed by atoms with E-state index in [1.807, 2.05) is 0 Å². The first-order valence-corrected chi connectivity index (χ1v) is 9.55. The second kappa shape index (κ2) is 7.14. The Labute approximate surface area is 153 Å². The second-order valence-electron chi connectivity index (χ2n) is 5.18. The van der Waals surface area contributed by atoms with Gasteiger partial charge in [0.25, 0.3) is 15.7 Å². The van der Waals surface area contributed by atoms with E-state index in [9.17, 15) is 18.5 Å². The fraction of sp³-hybridized carbons (Fsp3) is 0.0667. The number of aryl methyl sites for hydroxylation is 1. The van der Waals surface area contributed by atoms with Crippen LogP contribution in [-0.4, -0.2) is 28.1 Å². The lowest BCUT2D eigenvalue weighted by Gasteiger charge is -2.12. The lowest BCUT2D eigenvalue weighted by atomic mass is 10.3. The number of nitro benzene ring substituents is 1. The van der Waals surface area contributed by atoms with Crippen LogP contribution in [-0.2, 0) is 17.1 Å². The summed E-state index contributed by atoms with van der Waals surface area (Å²) in [5, 5.41) is 19.1. The first-order chi connectivity index (χ1) is 12.4. The van der Waals surface area contributed by atoms with E-state index in [1.54, 1.807) is 42.2 Å². The van der Waals surface area contributed by atoms with Gasteiger partial charge in [-0.15, -0.1) is 10.2 Å². The second-order valence-corrected chi connectivity index (χ2v) is 7.87. The lowest BCUT2D eigenvalue weighted by molar-refractivity contribution is -0.384. The van der Waals surface area contributed by atoms with E-state index < -0.39 is 14.9 Å². The van der Waals surface area contributed by atoms with Gasteiger partial charge >= 0.3 is 0 Å². The van der Waals surface area contributed by atoms with Crippen LogP contribution >= 0.6 is 11.8 Å². The number of nitrogens with zero attached hydrogens (tertiary/aromatic N) is 4. The summed E-state index contributed by atoms with van der Waals surface area (Å²) in [5.41, 5.74) is 0.195. The van der Waals surface area contributed by atoms with Gasteiger partial charge in [-0.05, 0) is 36.0 Å². The molecule has 0 bridgehead atoms. The summed E-state index contributed by atoms with van der Waals surface area (Å²) in [6.07, 6.45) is 1.55. The van der Waals surface area contributed by atoms with Crippen LogP contribution in [0.15, 0.2) is 69.8 Å². The zero-order valence-electron chi connectivity index (χ0n) is 13.4. The van der Waals surface area contributed by atoms with E-state index in [0.29, 0.717) is 15.7 Å². The summed E-state index contributed by atoms with van der Waals surface area (Å²) >= 11 is 1.26. The molecule has 1 heterocycles. The summed E-state index contributed by atoms with van der Waals surface area (Å²) in [4.78, 5) is 10.7. The Bertz CT molecular complexity index is 1050. The van der Waals surface area contributed by atoms with Crippen molar-refractivity contribution in [1.82, 2.24) is 14.8 Å². The van der Waals surface area contributed by atoms with Crippen molar-refractivity contribution in [2.75, 3.05) is 4.72 Å². The molecular weight excluding hydrogens is 378 g/mol. The molecule has 0 radical (unpaired) electrons. The topological polar surface area (TPSA) is 120 Å². The number of non-ortho nitro benzene ring substituents is 1. The van der Waals surface area contributed by atoms with Crippen molar-refractivity contribution in [3.63, 3.8) is 0 Å². The van der Waals surface area contributed by atoms with Crippen LogP contribution in [0.3, 0.4) is 0 Å². The molecular formula is C15H13N5O4S2. The van der Waals surface area contributed by atoms with Gasteiger partial charge in [0.2, 0.25) is 0 Å². The largest absolute Gasteiger partial charge is 0.311 e. The number of anilines is 1. The molecule has 0 atom stereocenters. The van der Waals surface area contributed by atoms with Crippen LogP contribution in [0, 0.1) is 10.1 Å². The van der Waals surface area contributed by atoms with Crippen molar-refractivity contribution in [3.05, 3.63) is 65.0 Å². The normalized spacial score (nSPS) is 11.3.